The summed E-state index contributed by atoms with van der Waals surface area (Å²) >= 11 is 3.54. The third-order valence-electron chi connectivity index (χ3n) is 2.10. The normalized spacial score (nSPS) is 15.3. The van der Waals surface area contributed by atoms with E-state index in [9.17, 15) is 0 Å². The van der Waals surface area contributed by atoms with Gasteiger partial charge >= 0.3 is 0 Å². The van der Waals surface area contributed by atoms with E-state index in [1.807, 2.05) is 12.3 Å². The zero-order valence-corrected chi connectivity index (χ0v) is 9.58. The summed E-state index contributed by atoms with van der Waals surface area (Å²) in [6, 6.07) is 1.85. The minimum atomic E-state index is 0.461. The molecular weight excluding hydrogens is 228 g/mol. The van der Waals surface area contributed by atoms with E-state index in [1.165, 1.54) is 0 Å². The number of hydrogen-bond acceptors (Lipinski definition) is 2. The van der Waals surface area contributed by atoms with Gasteiger partial charge in [0.15, 0.2) is 0 Å². The summed E-state index contributed by atoms with van der Waals surface area (Å²) in [5.41, 5.74) is 7.83. The summed E-state index contributed by atoms with van der Waals surface area (Å²) in [5, 5.41) is 0. The minimum absolute atomic E-state index is 0.461. The fourth-order valence-electron chi connectivity index (χ4n) is 1.44. The van der Waals surface area contributed by atoms with Crippen LogP contribution in [-0.2, 0) is 0 Å². The molecule has 3 heteroatoms. The van der Waals surface area contributed by atoms with E-state index in [0.29, 0.717) is 10.7 Å². The minimum Gasteiger partial charge on any atom is -0.398 e. The Morgan fingerprint density at radius 2 is 2.23 bits per heavy atom. The van der Waals surface area contributed by atoms with E-state index in [2.05, 4.69) is 34.8 Å². The maximum atomic E-state index is 5.84. The van der Waals surface area contributed by atoms with Crippen molar-refractivity contribution < 1.29 is 0 Å². The van der Waals surface area contributed by atoms with Gasteiger partial charge in [0.2, 0.25) is 0 Å². The molecule has 1 rings (SSSR count). The van der Waals surface area contributed by atoms with Gasteiger partial charge in [-0.3, -0.25) is 4.98 Å². The molecule has 2 N–H and O–H groups in total. The molecule has 2 atom stereocenters. The van der Waals surface area contributed by atoms with E-state index >= 15 is 0 Å². The highest BCUT2D eigenvalue weighted by Crippen LogP contribution is 2.26. The molecule has 13 heavy (non-hydrogen) atoms. The molecule has 1 aromatic rings. The van der Waals surface area contributed by atoms with Crippen LogP contribution in [0.15, 0.2) is 18.5 Å². The number of alkyl halides is 1. The number of hydrogen-bond donors (Lipinski definition) is 1. The smallest absolute Gasteiger partial charge is 0.0380 e. The lowest BCUT2D eigenvalue weighted by Gasteiger charge is -2.14. The monoisotopic (exact) mass is 242 g/mol. The molecule has 0 fully saturated rings. The van der Waals surface area contributed by atoms with Gasteiger partial charge in [-0.05, 0) is 24.0 Å². The Morgan fingerprint density at radius 1 is 1.54 bits per heavy atom. The average molecular weight is 243 g/mol. The summed E-state index contributed by atoms with van der Waals surface area (Å²) in [4.78, 5) is 4.59. The Kier molecular flexibility index (Phi) is 3.72. The largest absolute Gasteiger partial charge is 0.398 e. The summed E-state index contributed by atoms with van der Waals surface area (Å²) < 4.78 is 0. The van der Waals surface area contributed by atoms with E-state index in [4.69, 9.17) is 5.73 Å². The maximum Gasteiger partial charge on any atom is 0.0380 e. The molecule has 2 unspecified atom stereocenters. The first kappa shape index (κ1) is 10.5. The predicted octanol–water partition coefficient (Wildman–Crippen LogP) is 2.94. The number of nitrogen functional groups attached to an aromatic ring is 1. The Balaban J connectivity index is 2.76. The van der Waals surface area contributed by atoms with Crippen LogP contribution in [0.4, 0.5) is 5.69 Å². The van der Waals surface area contributed by atoms with Crippen molar-refractivity contribution in [2.24, 2.45) is 0 Å². The Bertz CT molecular complexity index is 273. The average Bonchev–Trinajstić information content (AvgIpc) is 2.03. The number of rotatable bonds is 3. The Hall–Kier alpha value is -0.570. The molecule has 0 saturated heterocycles. The van der Waals surface area contributed by atoms with Crippen LogP contribution in [-0.4, -0.2) is 9.81 Å². The van der Waals surface area contributed by atoms with Crippen molar-refractivity contribution in [1.82, 2.24) is 4.98 Å². The second-order valence-electron chi connectivity index (χ2n) is 3.42. The van der Waals surface area contributed by atoms with Gasteiger partial charge in [0.05, 0.1) is 0 Å². The van der Waals surface area contributed by atoms with Crippen LogP contribution in [0.5, 0.6) is 0 Å². The molecule has 0 aliphatic carbocycles. The highest BCUT2D eigenvalue weighted by atomic mass is 79.9. The predicted molar refractivity (Wildman–Crippen MR) is 60.1 cm³/mol. The molecule has 0 radical (unpaired) electrons. The van der Waals surface area contributed by atoms with E-state index in [-0.39, 0.29) is 0 Å². The summed E-state index contributed by atoms with van der Waals surface area (Å²) in [6.07, 6.45) is 4.66. The second-order valence-corrected chi connectivity index (χ2v) is 4.99. The molecule has 0 spiro atoms. The van der Waals surface area contributed by atoms with Crippen LogP contribution in [0.25, 0.3) is 0 Å². The molecule has 1 heterocycles. The lowest BCUT2D eigenvalue weighted by atomic mass is 9.97. The molecule has 1 aromatic heterocycles. The number of halogens is 1. The van der Waals surface area contributed by atoms with Gasteiger partial charge in [0.1, 0.15) is 0 Å². The summed E-state index contributed by atoms with van der Waals surface area (Å²) in [7, 11) is 0. The Morgan fingerprint density at radius 3 is 2.77 bits per heavy atom. The van der Waals surface area contributed by atoms with E-state index in [0.717, 1.165) is 17.7 Å². The van der Waals surface area contributed by atoms with Crippen molar-refractivity contribution in [2.45, 2.75) is 31.0 Å². The molecule has 0 aliphatic heterocycles. The molecule has 0 saturated carbocycles. The van der Waals surface area contributed by atoms with Crippen LogP contribution in [0.1, 0.15) is 31.7 Å². The van der Waals surface area contributed by atoms with Crippen molar-refractivity contribution >= 4 is 21.6 Å². The number of nitrogens with zero attached hydrogens (tertiary/aromatic N) is 1. The second kappa shape index (κ2) is 4.61. The van der Waals surface area contributed by atoms with Crippen LogP contribution in [0.2, 0.25) is 0 Å². The quantitative estimate of drug-likeness (QED) is 0.829. The lowest BCUT2D eigenvalue weighted by Crippen LogP contribution is -2.04. The van der Waals surface area contributed by atoms with Gasteiger partial charge in [0, 0.05) is 22.9 Å². The van der Waals surface area contributed by atoms with Gasteiger partial charge in [-0.2, -0.15) is 0 Å². The standard InChI is InChI=1S/C10H15BrN2/c1-7(5-8(2)11)9-6-13-4-3-10(9)12/h3-4,6-8H,5H2,1-2H3,(H2,12,13). The fraction of sp³-hybridized carbons (Fsp3) is 0.500. The van der Waals surface area contributed by atoms with Crippen LogP contribution in [0.3, 0.4) is 0 Å². The van der Waals surface area contributed by atoms with E-state index < -0.39 is 0 Å². The molecule has 72 valence electrons. The number of nitrogens with two attached hydrogens (primary N) is 1. The topological polar surface area (TPSA) is 38.9 Å². The highest BCUT2D eigenvalue weighted by Gasteiger charge is 2.11. The highest BCUT2D eigenvalue weighted by molar-refractivity contribution is 9.09. The van der Waals surface area contributed by atoms with Crippen LogP contribution < -0.4 is 5.73 Å². The van der Waals surface area contributed by atoms with Crippen molar-refractivity contribution in [1.29, 1.82) is 0 Å². The number of anilines is 1. The first-order valence-corrected chi connectivity index (χ1v) is 5.36. The molecule has 0 aliphatic rings. The zero-order valence-electron chi connectivity index (χ0n) is 8.00. The first-order valence-electron chi connectivity index (χ1n) is 4.44. The third kappa shape index (κ3) is 2.99. The van der Waals surface area contributed by atoms with Crippen LogP contribution in [0, 0.1) is 0 Å². The van der Waals surface area contributed by atoms with Crippen molar-refractivity contribution in [2.75, 3.05) is 5.73 Å². The van der Waals surface area contributed by atoms with E-state index in [1.54, 1.807) is 6.20 Å². The first-order chi connectivity index (χ1) is 6.11. The Labute approximate surface area is 87.7 Å². The van der Waals surface area contributed by atoms with Crippen molar-refractivity contribution in [3.8, 4) is 0 Å². The third-order valence-corrected chi connectivity index (χ3v) is 2.47. The van der Waals surface area contributed by atoms with Gasteiger partial charge in [-0.1, -0.05) is 29.8 Å². The van der Waals surface area contributed by atoms with Gasteiger partial charge in [-0.25, -0.2) is 0 Å². The molecule has 0 amide bonds. The lowest BCUT2D eigenvalue weighted by molar-refractivity contribution is 0.681. The number of aromatic nitrogens is 1. The van der Waals surface area contributed by atoms with Crippen molar-refractivity contribution in [3.05, 3.63) is 24.0 Å². The van der Waals surface area contributed by atoms with Crippen molar-refractivity contribution in [3.63, 3.8) is 0 Å². The van der Waals surface area contributed by atoms with Crippen LogP contribution >= 0.6 is 15.9 Å². The molecule has 2 nitrogen and oxygen atoms in total. The molecular formula is C10H15BrN2. The fourth-order valence-corrected chi connectivity index (χ4v) is 2.00. The number of pyridine rings is 1. The van der Waals surface area contributed by atoms with Gasteiger partial charge in [0.25, 0.3) is 0 Å². The SMILES string of the molecule is CC(Br)CC(C)c1cnccc1N. The van der Waals surface area contributed by atoms with Gasteiger partial charge < -0.3 is 5.73 Å². The molecule has 0 bridgehead atoms. The molecule has 0 aromatic carbocycles. The summed E-state index contributed by atoms with van der Waals surface area (Å²) in [5.74, 6) is 0.461. The summed E-state index contributed by atoms with van der Waals surface area (Å²) in [6.45, 7) is 4.31. The maximum absolute atomic E-state index is 5.84. The van der Waals surface area contributed by atoms with Gasteiger partial charge in [-0.15, -0.1) is 0 Å². The zero-order chi connectivity index (χ0) is 9.84.